The largest absolute Gasteiger partial charge is 0.439 e. The van der Waals surface area contributed by atoms with Gasteiger partial charge in [-0.2, -0.15) is 0 Å². The van der Waals surface area contributed by atoms with Crippen molar-refractivity contribution in [3.63, 3.8) is 0 Å². The molecule has 2 aromatic rings. The third-order valence-electron chi connectivity index (χ3n) is 4.36. The van der Waals surface area contributed by atoms with Crippen LogP contribution in [0.3, 0.4) is 0 Å². The van der Waals surface area contributed by atoms with Crippen molar-refractivity contribution >= 4 is 18.3 Å². The second-order valence-corrected chi connectivity index (χ2v) is 6.38. The summed E-state index contributed by atoms with van der Waals surface area (Å²) in [5.41, 5.74) is 8.04. The minimum absolute atomic E-state index is 0. The highest BCUT2D eigenvalue weighted by molar-refractivity contribution is 5.94. The summed E-state index contributed by atoms with van der Waals surface area (Å²) >= 11 is 0. The first-order chi connectivity index (χ1) is 12.1. The Morgan fingerprint density at radius 1 is 1.38 bits per heavy atom. The topological polar surface area (TPSA) is 88.7 Å². The highest BCUT2D eigenvalue weighted by atomic mass is 35.5. The number of carbonyl (C=O) groups excluding carboxylic acids is 1. The molecule has 1 atom stereocenters. The molecular weight excluding hydrogens is 354 g/mol. The number of hydrogen-bond donors (Lipinski definition) is 2. The van der Waals surface area contributed by atoms with Gasteiger partial charge in [-0.1, -0.05) is 6.07 Å². The zero-order valence-electron chi connectivity index (χ0n) is 14.7. The van der Waals surface area contributed by atoms with Gasteiger partial charge in [-0.3, -0.25) is 4.79 Å². The zero-order chi connectivity index (χ0) is 17.8. The maximum atomic E-state index is 12.6. The number of nitrogens with zero attached hydrogens (tertiary/aromatic N) is 2. The van der Waals surface area contributed by atoms with Gasteiger partial charge >= 0.3 is 0 Å². The maximum Gasteiger partial charge on any atom is 0.253 e. The number of aromatic nitrogens is 1. The molecule has 140 valence electrons. The van der Waals surface area contributed by atoms with Crippen molar-refractivity contribution < 1.29 is 14.6 Å². The molecule has 1 aromatic heterocycles. The van der Waals surface area contributed by atoms with Crippen molar-refractivity contribution in [3.8, 4) is 11.6 Å². The van der Waals surface area contributed by atoms with Gasteiger partial charge in [-0.15, -0.1) is 12.4 Å². The van der Waals surface area contributed by atoms with E-state index < -0.39 is 0 Å². The van der Waals surface area contributed by atoms with Gasteiger partial charge in [-0.05, 0) is 43.2 Å². The van der Waals surface area contributed by atoms with Crippen LogP contribution in [0.4, 0.5) is 0 Å². The Bertz CT molecular complexity index is 769. The van der Waals surface area contributed by atoms with Gasteiger partial charge in [0.15, 0.2) is 0 Å². The number of benzene rings is 1. The van der Waals surface area contributed by atoms with Gasteiger partial charge in [0.05, 0.1) is 0 Å². The number of nitrogens with two attached hydrogens (primary N) is 1. The molecule has 0 bridgehead atoms. The fourth-order valence-electron chi connectivity index (χ4n) is 3.04. The van der Waals surface area contributed by atoms with Gasteiger partial charge < -0.3 is 20.5 Å². The Morgan fingerprint density at radius 2 is 2.19 bits per heavy atom. The number of ether oxygens (including phenoxy) is 1. The van der Waals surface area contributed by atoms with Crippen LogP contribution < -0.4 is 10.5 Å². The number of halogens is 1. The second kappa shape index (κ2) is 8.98. The molecule has 3 N–H and O–H groups in total. The molecule has 3 rings (SSSR count). The van der Waals surface area contributed by atoms with E-state index in [1.165, 1.54) is 0 Å². The summed E-state index contributed by atoms with van der Waals surface area (Å²) in [6.07, 6.45) is 0.841. The predicted octanol–water partition coefficient (Wildman–Crippen LogP) is 2.52. The minimum atomic E-state index is -0.0405. The summed E-state index contributed by atoms with van der Waals surface area (Å²) in [5.74, 6) is 1.16. The Morgan fingerprint density at radius 3 is 2.88 bits per heavy atom. The Balaban J connectivity index is 0.00000243. The molecule has 2 heterocycles. The number of aryl methyl sites for hydroxylation is 1. The molecule has 7 heteroatoms. The molecule has 0 saturated carbocycles. The fraction of sp³-hybridized carbons (Fsp3) is 0.368. The smallest absolute Gasteiger partial charge is 0.253 e. The number of aliphatic hydroxyl groups excluding tert-OH is 1. The molecule has 0 radical (unpaired) electrons. The van der Waals surface area contributed by atoms with Crippen molar-refractivity contribution in [3.05, 3.63) is 53.2 Å². The summed E-state index contributed by atoms with van der Waals surface area (Å²) < 4.78 is 5.82. The Kier molecular flexibility index (Phi) is 6.97. The number of aliphatic hydroxyl groups is 1. The molecule has 26 heavy (non-hydrogen) atoms. The highest BCUT2D eigenvalue weighted by Gasteiger charge is 2.26. The van der Waals surface area contributed by atoms with E-state index in [1.807, 2.05) is 13.0 Å². The number of likely N-dealkylation sites (tertiary alicyclic amines) is 1. The van der Waals surface area contributed by atoms with E-state index in [-0.39, 0.29) is 30.8 Å². The monoisotopic (exact) mass is 377 g/mol. The second-order valence-electron chi connectivity index (χ2n) is 6.38. The van der Waals surface area contributed by atoms with E-state index in [2.05, 4.69) is 4.98 Å². The highest BCUT2D eigenvalue weighted by Crippen LogP contribution is 2.24. The van der Waals surface area contributed by atoms with E-state index in [0.29, 0.717) is 36.8 Å². The number of amides is 1. The van der Waals surface area contributed by atoms with Crippen molar-refractivity contribution in [2.45, 2.75) is 19.9 Å². The van der Waals surface area contributed by atoms with Crippen LogP contribution in [0.2, 0.25) is 0 Å². The number of rotatable bonds is 5. The van der Waals surface area contributed by atoms with Crippen LogP contribution in [0, 0.1) is 12.8 Å². The van der Waals surface area contributed by atoms with E-state index in [9.17, 15) is 9.90 Å². The Labute approximate surface area is 159 Å². The summed E-state index contributed by atoms with van der Waals surface area (Å²) in [4.78, 5) is 18.7. The van der Waals surface area contributed by atoms with E-state index >= 15 is 0 Å². The van der Waals surface area contributed by atoms with Crippen LogP contribution in [0.5, 0.6) is 11.6 Å². The SMILES string of the molecule is Cc1cc(CN)cc(Oc2cccc(C(=O)N3CC[C@@H](CO)C3)c2)n1.Cl. The van der Waals surface area contributed by atoms with Crippen molar-refractivity contribution in [2.24, 2.45) is 11.7 Å². The lowest BCUT2D eigenvalue weighted by molar-refractivity contribution is 0.0781. The van der Waals surface area contributed by atoms with Gasteiger partial charge in [-0.25, -0.2) is 4.98 Å². The summed E-state index contributed by atoms with van der Waals surface area (Å²) in [6, 6.07) is 10.8. The first kappa shape index (κ1) is 20.2. The third kappa shape index (κ3) is 4.72. The van der Waals surface area contributed by atoms with Crippen LogP contribution >= 0.6 is 12.4 Å². The van der Waals surface area contributed by atoms with Gasteiger partial charge in [0.2, 0.25) is 5.88 Å². The van der Waals surface area contributed by atoms with E-state index in [1.54, 1.807) is 35.2 Å². The lowest BCUT2D eigenvalue weighted by atomic mass is 10.1. The van der Waals surface area contributed by atoms with Crippen molar-refractivity contribution in [2.75, 3.05) is 19.7 Å². The van der Waals surface area contributed by atoms with Crippen molar-refractivity contribution in [1.29, 1.82) is 0 Å². The zero-order valence-corrected chi connectivity index (χ0v) is 15.5. The summed E-state index contributed by atoms with van der Waals surface area (Å²) in [5, 5.41) is 9.24. The third-order valence-corrected chi connectivity index (χ3v) is 4.36. The van der Waals surface area contributed by atoms with Gasteiger partial charge in [0.25, 0.3) is 5.91 Å². The first-order valence-corrected chi connectivity index (χ1v) is 8.44. The number of carbonyl (C=O) groups is 1. The number of pyridine rings is 1. The minimum Gasteiger partial charge on any atom is -0.439 e. The van der Waals surface area contributed by atoms with E-state index in [0.717, 1.165) is 17.7 Å². The molecule has 0 unspecified atom stereocenters. The Hall–Kier alpha value is -2.15. The quantitative estimate of drug-likeness (QED) is 0.835. The maximum absolute atomic E-state index is 12.6. The molecule has 1 aliphatic rings. The summed E-state index contributed by atoms with van der Waals surface area (Å²) in [6.45, 7) is 3.69. The van der Waals surface area contributed by atoms with Crippen LogP contribution in [-0.4, -0.2) is 40.6 Å². The van der Waals surface area contributed by atoms with Crippen LogP contribution in [0.1, 0.15) is 28.0 Å². The standard InChI is InChI=1S/C19H23N3O3.ClH/c1-13-7-15(10-20)8-18(21-13)25-17-4-2-3-16(9-17)19(24)22-6-5-14(11-22)12-23;/h2-4,7-9,14,23H,5-6,10-12,20H2,1H3;1H/t14-;/m1./s1. The molecule has 1 fully saturated rings. The van der Waals surface area contributed by atoms with Gasteiger partial charge in [0, 0.05) is 49.5 Å². The fourth-order valence-corrected chi connectivity index (χ4v) is 3.04. The predicted molar refractivity (Wildman–Crippen MR) is 102 cm³/mol. The molecular formula is C19H24ClN3O3. The van der Waals surface area contributed by atoms with Crippen molar-refractivity contribution in [1.82, 2.24) is 9.88 Å². The molecule has 1 saturated heterocycles. The summed E-state index contributed by atoms with van der Waals surface area (Å²) in [7, 11) is 0. The molecule has 1 aromatic carbocycles. The first-order valence-electron chi connectivity index (χ1n) is 8.44. The van der Waals surface area contributed by atoms with Gasteiger partial charge in [0.1, 0.15) is 5.75 Å². The molecule has 6 nitrogen and oxygen atoms in total. The van der Waals surface area contributed by atoms with Crippen LogP contribution in [0.15, 0.2) is 36.4 Å². The molecule has 0 spiro atoms. The van der Waals surface area contributed by atoms with Crippen LogP contribution in [-0.2, 0) is 6.54 Å². The molecule has 1 aliphatic heterocycles. The van der Waals surface area contributed by atoms with Crippen LogP contribution in [0.25, 0.3) is 0 Å². The van der Waals surface area contributed by atoms with E-state index in [4.69, 9.17) is 10.5 Å². The lowest BCUT2D eigenvalue weighted by Gasteiger charge is -2.16. The lowest BCUT2D eigenvalue weighted by Crippen LogP contribution is -2.29. The average Bonchev–Trinajstić information content (AvgIpc) is 3.10. The molecule has 0 aliphatic carbocycles. The number of hydrogen-bond acceptors (Lipinski definition) is 5. The average molecular weight is 378 g/mol. The normalized spacial score (nSPS) is 16.3. The molecule has 1 amide bonds.